The molecule has 0 bridgehead atoms. The summed E-state index contributed by atoms with van der Waals surface area (Å²) in [5.74, 6) is 0.308. The van der Waals surface area contributed by atoms with Crippen molar-refractivity contribution in [2.24, 2.45) is 5.92 Å². The largest absolute Gasteiger partial charge is 0.352 e. The molecule has 4 rings (SSSR count). The molecule has 1 aliphatic carbocycles. The second kappa shape index (κ2) is 9.20. The molecule has 2 aliphatic rings. The molecule has 146 valence electrons. The van der Waals surface area contributed by atoms with Crippen LogP contribution in [0.2, 0.25) is 0 Å². The summed E-state index contributed by atoms with van der Waals surface area (Å²) >= 11 is 0. The molecule has 1 amide bonds. The number of nitrogens with one attached hydrogen (secondary N) is 1. The maximum Gasteiger partial charge on any atom is 0.223 e. The standard InChI is InChI=1S/C25H30N2O/c28-25(22-8-2-1-3-9-22)26-18-23-10-4-5-11-24(23)21-14-12-20(13-15-21)19-27-16-6-7-17-27/h1-2,4-5,10-15,22H,3,6-9,16-19H2,(H,26,28)/t22-/m1/s1. The van der Waals surface area contributed by atoms with Crippen LogP contribution < -0.4 is 5.32 Å². The van der Waals surface area contributed by atoms with Gasteiger partial charge in [0.15, 0.2) is 0 Å². The number of carbonyl (C=O) groups excluding carboxylic acids is 1. The van der Waals surface area contributed by atoms with Crippen LogP contribution >= 0.6 is 0 Å². The van der Waals surface area contributed by atoms with Crippen molar-refractivity contribution in [2.75, 3.05) is 13.1 Å². The number of nitrogens with zero attached hydrogens (tertiary/aromatic N) is 1. The van der Waals surface area contributed by atoms with Crippen LogP contribution in [-0.2, 0) is 17.9 Å². The Morgan fingerprint density at radius 3 is 2.54 bits per heavy atom. The molecule has 0 unspecified atom stereocenters. The Balaban J connectivity index is 1.42. The second-order valence-corrected chi connectivity index (χ2v) is 8.04. The summed E-state index contributed by atoms with van der Waals surface area (Å²) in [6.07, 6.45) is 9.80. The molecule has 0 radical (unpaired) electrons. The first-order valence-corrected chi connectivity index (χ1v) is 10.6. The van der Waals surface area contributed by atoms with Gasteiger partial charge in [-0.15, -0.1) is 0 Å². The van der Waals surface area contributed by atoms with Crippen molar-refractivity contribution in [3.8, 4) is 11.1 Å². The van der Waals surface area contributed by atoms with Gasteiger partial charge in [0.1, 0.15) is 0 Å². The van der Waals surface area contributed by atoms with Crippen LogP contribution in [-0.4, -0.2) is 23.9 Å². The number of hydrogen-bond donors (Lipinski definition) is 1. The number of allylic oxidation sites excluding steroid dienone is 2. The molecular weight excluding hydrogens is 344 g/mol. The van der Waals surface area contributed by atoms with Gasteiger partial charge < -0.3 is 5.32 Å². The van der Waals surface area contributed by atoms with Gasteiger partial charge in [0.05, 0.1) is 0 Å². The first kappa shape index (κ1) is 18.9. The summed E-state index contributed by atoms with van der Waals surface area (Å²) in [5.41, 5.74) is 4.98. The average Bonchev–Trinajstić information content (AvgIpc) is 3.26. The van der Waals surface area contributed by atoms with Crippen molar-refractivity contribution in [3.05, 3.63) is 71.8 Å². The molecule has 1 saturated heterocycles. The van der Waals surface area contributed by atoms with Crippen LogP contribution in [0.3, 0.4) is 0 Å². The highest BCUT2D eigenvalue weighted by Crippen LogP contribution is 2.25. The van der Waals surface area contributed by atoms with Crippen LogP contribution in [0.5, 0.6) is 0 Å². The van der Waals surface area contributed by atoms with Crippen LogP contribution in [0.15, 0.2) is 60.7 Å². The number of amides is 1. The predicted octanol–water partition coefficient (Wildman–Crippen LogP) is 4.92. The molecule has 28 heavy (non-hydrogen) atoms. The lowest BCUT2D eigenvalue weighted by atomic mass is 9.93. The van der Waals surface area contributed by atoms with E-state index in [1.165, 1.54) is 48.2 Å². The molecule has 2 aromatic carbocycles. The number of likely N-dealkylation sites (tertiary alicyclic amines) is 1. The molecule has 1 N–H and O–H groups in total. The number of hydrogen-bond acceptors (Lipinski definition) is 2. The SMILES string of the molecule is O=C(NCc1ccccc1-c1ccc(CN2CCCC2)cc1)[C@@H]1CC=CCC1. The van der Waals surface area contributed by atoms with Gasteiger partial charge in [0.2, 0.25) is 5.91 Å². The molecule has 0 spiro atoms. The predicted molar refractivity (Wildman–Crippen MR) is 115 cm³/mol. The topological polar surface area (TPSA) is 32.3 Å². The van der Waals surface area contributed by atoms with E-state index in [0.29, 0.717) is 6.54 Å². The summed E-state index contributed by atoms with van der Waals surface area (Å²) < 4.78 is 0. The van der Waals surface area contributed by atoms with Crippen molar-refractivity contribution in [1.29, 1.82) is 0 Å². The van der Waals surface area contributed by atoms with Gasteiger partial charge in [-0.25, -0.2) is 0 Å². The average molecular weight is 375 g/mol. The normalized spacial score (nSPS) is 19.6. The van der Waals surface area contributed by atoms with Crippen LogP contribution in [0.1, 0.15) is 43.2 Å². The van der Waals surface area contributed by atoms with Crippen molar-refractivity contribution >= 4 is 5.91 Å². The summed E-state index contributed by atoms with van der Waals surface area (Å²) in [5, 5.41) is 3.16. The van der Waals surface area contributed by atoms with E-state index in [4.69, 9.17) is 0 Å². The summed E-state index contributed by atoms with van der Waals surface area (Å²) in [7, 11) is 0. The summed E-state index contributed by atoms with van der Waals surface area (Å²) in [6.45, 7) is 4.08. The third-order valence-corrected chi connectivity index (χ3v) is 5.98. The smallest absolute Gasteiger partial charge is 0.223 e. The maximum atomic E-state index is 12.5. The fraction of sp³-hybridized carbons (Fsp3) is 0.400. The third-order valence-electron chi connectivity index (χ3n) is 5.98. The lowest BCUT2D eigenvalue weighted by Gasteiger charge is -2.18. The molecule has 1 atom stereocenters. The Hall–Kier alpha value is -2.39. The molecule has 1 aliphatic heterocycles. The van der Waals surface area contributed by atoms with Crippen LogP contribution in [0.4, 0.5) is 0 Å². The first-order valence-electron chi connectivity index (χ1n) is 10.6. The summed E-state index contributed by atoms with van der Waals surface area (Å²) in [4.78, 5) is 15.0. The zero-order valence-electron chi connectivity index (χ0n) is 16.6. The Labute approximate surface area is 168 Å². The molecule has 3 heteroatoms. The molecule has 3 nitrogen and oxygen atoms in total. The van der Waals surface area contributed by atoms with E-state index in [-0.39, 0.29) is 11.8 Å². The zero-order valence-corrected chi connectivity index (χ0v) is 16.6. The van der Waals surface area contributed by atoms with E-state index in [0.717, 1.165) is 25.8 Å². The van der Waals surface area contributed by atoms with Crippen LogP contribution in [0, 0.1) is 5.92 Å². The maximum absolute atomic E-state index is 12.5. The second-order valence-electron chi connectivity index (χ2n) is 8.04. The Morgan fingerprint density at radius 1 is 1.00 bits per heavy atom. The molecule has 1 fully saturated rings. The van der Waals surface area contributed by atoms with Crippen molar-refractivity contribution in [1.82, 2.24) is 10.2 Å². The van der Waals surface area contributed by atoms with Crippen molar-refractivity contribution in [3.63, 3.8) is 0 Å². The van der Waals surface area contributed by atoms with Gasteiger partial charge in [-0.05, 0) is 67.4 Å². The Bertz CT molecular complexity index is 819. The minimum atomic E-state index is 0.127. The number of benzene rings is 2. The van der Waals surface area contributed by atoms with Gasteiger partial charge >= 0.3 is 0 Å². The molecular formula is C25H30N2O. The van der Waals surface area contributed by atoms with Gasteiger partial charge in [-0.1, -0.05) is 60.7 Å². The van der Waals surface area contributed by atoms with Crippen molar-refractivity contribution in [2.45, 2.75) is 45.2 Å². The van der Waals surface area contributed by atoms with E-state index in [9.17, 15) is 4.79 Å². The number of carbonyl (C=O) groups is 1. The lowest BCUT2D eigenvalue weighted by molar-refractivity contribution is -0.125. The molecule has 1 heterocycles. The van der Waals surface area contributed by atoms with E-state index in [1.807, 2.05) is 0 Å². The molecule has 0 saturated carbocycles. The Morgan fingerprint density at radius 2 is 1.79 bits per heavy atom. The van der Waals surface area contributed by atoms with E-state index in [2.05, 4.69) is 70.9 Å². The van der Waals surface area contributed by atoms with Crippen molar-refractivity contribution < 1.29 is 4.79 Å². The quantitative estimate of drug-likeness (QED) is 0.728. The third kappa shape index (κ3) is 4.71. The van der Waals surface area contributed by atoms with Gasteiger partial charge in [-0.3, -0.25) is 9.69 Å². The molecule has 2 aromatic rings. The Kier molecular flexibility index (Phi) is 6.23. The van der Waals surface area contributed by atoms with E-state index < -0.39 is 0 Å². The fourth-order valence-electron chi connectivity index (χ4n) is 4.30. The first-order chi connectivity index (χ1) is 13.8. The summed E-state index contributed by atoms with van der Waals surface area (Å²) in [6, 6.07) is 17.3. The fourth-order valence-corrected chi connectivity index (χ4v) is 4.30. The van der Waals surface area contributed by atoms with Gasteiger partial charge in [-0.2, -0.15) is 0 Å². The van der Waals surface area contributed by atoms with Gasteiger partial charge in [0, 0.05) is 19.0 Å². The van der Waals surface area contributed by atoms with Crippen LogP contribution in [0.25, 0.3) is 11.1 Å². The highest BCUT2D eigenvalue weighted by atomic mass is 16.1. The van der Waals surface area contributed by atoms with E-state index >= 15 is 0 Å². The molecule has 0 aromatic heterocycles. The number of rotatable bonds is 6. The minimum Gasteiger partial charge on any atom is -0.352 e. The lowest BCUT2D eigenvalue weighted by Crippen LogP contribution is -2.30. The van der Waals surface area contributed by atoms with E-state index in [1.54, 1.807) is 0 Å². The highest BCUT2D eigenvalue weighted by Gasteiger charge is 2.18. The zero-order chi connectivity index (χ0) is 19.2. The minimum absolute atomic E-state index is 0.127. The van der Waals surface area contributed by atoms with Gasteiger partial charge in [0.25, 0.3) is 0 Å². The monoisotopic (exact) mass is 374 g/mol. The highest BCUT2D eigenvalue weighted by molar-refractivity contribution is 5.79.